The van der Waals surface area contributed by atoms with E-state index in [4.69, 9.17) is 19.7 Å². The summed E-state index contributed by atoms with van der Waals surface area (Å²) < 4.78 is 16.5. The molecule has 3 amide bonds. The lowest BCUT2D eigenvalue weighted by atomic mass is 9.93. The molecular weight excluding hydrogens is 436 g/mol. The number of benzene rings is 2. The van der Waals surface area contributed by atoms with Gasteiger partial charge in [0.1, 0.15) is 22.9 Å². The SMILES string of the molecule is CC(C)(C)OC(=O)Nc1ccc(Oc2ccc(N(C(N)=O)c3cc(C(C)(C)C)on3)cc2)cc1. The quantitative estimate of drug-likeness (QED) is 0.453. The van der Waals surface area contributed by atoms with E-state index < -0.39 is 17.7 Å². The van der Waals surface area contributed by atoms with Crippen LogP contribution in [0.4, 0.5) is 26.8 Å². The highest BCUT2D eigenvalue weighted by Gasteiger charge is 2.25. The van der Waals surface area contributed by atoms with Gasteiger partial charge in [0.25, 0.3) is 0 Å². The molecule has 3 rings (SSSR count). The summed E-state index contributed by atoms with van der Waals surface area (Å²) in [6.07, 6.45) is -0.530. The third kappa shape index (κ3) is 6.50. The molecule has 9 heteroatoms. The van der Waals surface area contributed by atoms with Gasteiger partial charge in [-0.1, -0.05) is 25.9 Å². The number of amides is 3. The Kier molecular flexibility index (Phi) is 6.85. The summed E-state index contributed by atoms with van der Waals surface area (Å²) in [5.74, 6) is 2.06. The van der Waals surface area contributed by atoms with Crippen LogP contribution in [0.2, 0.25) is 0 Å². The average molecular weight is 467 g/mol. The third-order valence-corrected chi connectivity index (χ3v) is 4.52. The zero-order valence-corrected chi connectivity index (χ0v) is 20.2. The van der Waals surface area contributed by atoms with Crippen LogP contribution >= 0.6 is 0 Å². The lowest BCUT2D eigenvalue weighted by Gasteiger charge is -2.19. The summed E-state index contributed by atoms with van der Waals surface area (Å²) in [6.45, 7) is 11.3. The number of nitrogens with zero attached hydrogens (tertiary/aromatic N) is 2. The summed E-state index contributed by atoms with van der Waals surface area (Å²) in [7, 11) is 0. The van der Waals surface area contributed by atoms with Crippen molar-refractivity contribution in [1.29, 1.82) is 0 Å². The number of ether oxygens (including phenoxy) is 2. The van der Waals surface area contributed by atoms with E-state index >= 15 is 0 Å². The predicted octanol–water partition coefficient (Wildman–Crippen LogP) is 6.33. The Morgan fingerprint density at radius 1 is 0.941 bits per heavy atom. The Balaban J connectivity index is 1.68. The van der Waals surface area contributed by atoms with Gasteiger partial charge in [-0.3, -0.25) is 5.32 Å². The van der Waals surface area contributed by atoms with E-state index in [-0.39, 0.29) is 5.41 Å². The molecule has 0 saturated heterocycles. The number of primary amides is 1. The maximum Gasteiger partial charge on any atom is 0.412 e. The van der Waals surface area contributed by atoms with Crippen LogP contribution in [0.3, 0.4) is 0 Å². The number of anilines is 3. The number of hydrogen-bond acceptors (Lipinski definition) is 6. The Bertz CT molecular complexity index is 1140. The van der Waals surface area contributed by atoms with Gasteiger partial charge in [-0.15, -0.1) is 0 Å². The van der Waals surface area contributed by atoms with Crippen molar-refractivity contribution < 1.29 is 23.6 Å². The molecule has 0 unspecified atom stereocenters. The molecule has 0 bridgehead atoms. The summed E-state index contributed by atoms with van der Waals surface area (Å²) in [5, 5.41) is 6.67. The zero-order chi connectivity index (χ0) is 25.1. The van der Waals surface area contributed by atoms with E-state index in [1.807, 2.05) is 20.8 Å². The fourth-order valence-electron chi connectivity index (χ4n) is 2.92. The molecule has 3 aromatic rings. The molecule has 180 valence electrons. The molecule has 0 aliphatic heterocycles. The van der Waals surface area contributed by atoms with Crippen molar-refractivity contribution in [2.75, 3.05) is 10.2 Å². The van der Waals surface area contributed by atoms with Crippen molar-refractivity contribution >= 4 is 29.3 Å². The highest BCUT2D eigenvalue weighted by Crippen LogP contribution is 2.32. The lowest BCUT2D eigenvalue weighted by Crippen LogP contribution is -2.31. The molecule has 0 atom stereocenters. The second-order valence-corrected chi connectivity index (χ2v) is 9.72. The average Bonchev–Trinajstić information content (AvgIpc) is 3.19. The Morgan fingerprint density at radius 2 is 1.50 bits per heavy atom. The minimum Gasteiger partial charge on any atom is -0.457 e. The summed E-state index contributed by atoms with van der Waals surface area (Å²) in [5.41, 5.74) is 5.86. The maximum atomic E-state index is 12.1. The molecule has 3 N–H and O–H groups in total. The van der Waals surface area contributed by atoms with Crippen LogP contribution in [0.5, 0.6) is 11.5 Å². The van der Waals surface area contributed by atoms with Crippen LogP contribution in [-0.4, -0.2) is 22.9 Å². The number of nitrogens with two attached hydrogens (primary N) is 1. The third-order valence-electron chi connectivity index (χ3n) is 4.52. The first-order valence-corrected chi connectivity index (χ1v) is 10.8. The highest BCUT2D eigenvalue weighted by atomic mass is 16.6. The maximum absolute atomic E-state index is 12.1. The van der Waals surface area contributed by atoms with Gasteiger partial charge in [0.05, 0.1) is 5.69 Å². The summed E-state index contributed by atoms with van der Waals surface area (Å²) in [4.78, 5) is 25.3. The van der Waals surface area contributed by atoms with Gasteiger partial charge in [-0.2, -0.15) is 0 Å². The van der Waals surface area contributed by atoms with Crippen molar-refractivity contribution in [2.24, 2.45) is 5.73 Å². The highest BCUT2D eigenvalue weighted by molar-refractivity contribution is 5.97. The first-order chi connectivity index (χ1) is 15.8. The number of urea groups is 1. The van der Waals surface area contributed by atoms with E-state index in [9.17, 15) is 9.59 Å². The minimum atomic E-state index is -0.685. The van der Waals surface area contributed by atoms with Crippen LogP contribution in [0.25, 0.3) is 0 Å². The molecule has 1 aromatic heterocycles. The second kappa shape index (κ2) is 9.46. The van der Waals surface area contributed by atoms with Crippen LogP contribution in [0.1, 0.15) is 47.3 Å². The van der Waals surface area contributed by atoms with Crippen LogP contribution in [0.15, 0.2) is 59.1 Å². The van der Waals surface area contributed by atoms with Gasteiger partial charge >= 0.3 is 12.1 Å². The number of nitrogens with one attached hydrogen (secondary N) is 1. The molecular formula is C25H30N4O5. The predicted molar refractivity (Wildman–Crippen MR) is 130 cm³/mol. The van der Waals surface area contributed by atoms with E-state index in [1.54, 1.807) is 75.4 Å². The number of hydrogen-bond donors (Lipinski definition) is 2. The molecule has 1 heterocycles. The van der Waals surface area contributed by atoms with E-state index in [2.05, 4.69) is 10.5 Å². The molecule has 0 radical (unpaired) electrons. The van der Waals surface area contributed by atoms with Crippen LogP contribution < -0.4 is 20.7 Å². The zero-order valence-electron chi connectivity index (χ0n) is 20.2. The van der Waals surface area contributed by atoms with Crippen LogP contribution in [0, 0.1) is 0 Å². The molecule has 9 nitrogen and oxygen atoms in total. The van der Waals surface area contributed by atoms with Crippen molar-refractivity contribution in [3.8, 4) is 11.5 Å². The fourth-order valence-corrected chi connectivity index (χ4v) is 2.92. The van der Waals surface area contributed by atoms with E-state index in [1.165, 1.54) is 4.90 Å². The molecule has 0 aliphatic rings. The molecule has 0 saturated carbocycles. The first kappa shape index (κ1) is 24.6. The minimum absolute atomic E-state index is 0.260. The first-order valence-electron chi connectivity index (χ1n) is 10.8. The van der Waals surface area contributed by atoms with Gasteiger partial charge < -0.3 is 19.7 Å². The standard InChI is InChI=1S/C25H30N4O5/c1-24(2,3)20-15-21(28-34-20)29(22(26)30)17-9-13-19(14-10-17)32-18-11-7-16(8-12-18)27-23(31)33-25(4,5)6/h7-15H,1-6H3,(H2,26,30)(H,27,31). The van der Waals surface area contributed by atoms with Gasteiger partial charge in [-0.05, 0) is 69.3 Å². The van der Waals surface area contributed by atoms with E-state index in [0.29, 0.717) is 34.5 Å². The number of rotatable bonds is 5. The van der Waals surface area contributed by atoms with Crippen LogP contribution in [-0.2, 0) is 10.2 Å². The van der Waals surface area contributed by atoms with Gasteiger partial charge in [0.15, 0.2) is 5.82 Å². The largest absolute Gasteiger partial charge is 0.457 e. The number of carbonyl (C=O) groups is 2. The summed E-state index contributed by atoms with van der Waals surface area (Å²) in [6, 6.07) is 14.7. The lowest BCUT2D eigenvalue weighted by molar-refractivity contribution is 0.0636. The van der Waals surface area contributed by atoms with Crippen molar-refractivity contribution in [2.45, 2.75) is 52.6 Å². The van der Waals surface area contributed by atoms with Crippen molar-refractivity contribution in [3.05, 3.63) is 60.4 Å². The molecule has 0 fully saturated rings. The smallest absolute Gasteiger partial charge is 0.412 e. The summed E-state index contributed by atoms with van der Waals surface area (Å²) >= 11 is 0. The van der Waals surface area contributed by atoms with Gasteiger partial charge in [0.2, 0.25) is 0 Å². The van der Waals surface area contributed by atoms with Crippen molar-refractivity contribution in [1.82, 2.24) is 5.16 Å². The van der Waals surface area contributed by atoms with Gasteiger partial charge in [0, 0.05) is 17.2 Å². The molecule has 2 aromatic carbocycles. The fraction of sp³-hybridized carbons (Fsp3) is 0.320. The monoisotopic (exact) mass is 466 g/mol. The Labute approximate surface area is 198 Å². The van der Waals surface area contributed by atoms with Gasteiger partial charge in [-0.25, -0.2) is 14.5 Å². The topological polar surface area (TPSA) is 120 Å². The molecule has 34 heavy (non-hydrogen) atoms. The second-order valence-electron chi connectivity index (χ2n) is 9.72. The van der Waals surface area contributed by atoms with E-state index in [0.717, 1.165) is 0 Å². The number of carbonyl (C=O) groups excluding carboxylic acids is 2. The molecule has 0 aliphatic carbocycles. The number of aromatic nitrogens is 1. The normalized spacial score (nSPS) is 11.6. The molecule has 0 spiro atoms. The van der Waals surface area contributed by atoms with Crippen molar-refractivity contribution in [3.63, 3.8) is 0 Å². The Hall–Kier alpha value is -4.01. The Morgan fingerprint density at radius 3 is 1.97 bits per heavy atom.